The molecule has 0 saturated carbocycles. The van der Waals surface area contributed by atoms with Crippen LogP contribution in [0.2, 0.25) is 0 Å². The first kappa shape index (κ1) is 20.4. The summed E-state index contributed by atoms with van der Waals surface area (Å²) in [4.78, 5) is 24.3. The zero-order valence-corrected chi connectivity index (χ0v) is 17.1. The van der Waals surface area contributed by atoms with Gasteiger partial charge in [0.2, 0.25) is 6.79 Å². The summed E-state index contributed by atoms with van der Waals surface area (Å²) >= 11 is 0. The lowest BCUT2D eigenvalue weighted by Gasteiger charge is -2.22. The van der Waals surface area contributed by atoms with E-state index in [2.05, 4.69) is 0 Å². The molecule has 0 radical (unpaired) electrons. The van der Waals surface area contributed by atoms with Crippen LogP contribution in [0.3, 0.4) is 0 Å². The maximum absolute atomic E-state index is 12.6. The molecule has 0 fully saturated rings. The van der Waals surface area contributed by atoms with Crippen molar-refractivity contribution in [1.82, 2.24) is 0 Å². The van der Waals surface area contributed by atoms with Crippen LogP contribution >= 0.6 is 0 Å². The third kappa shape index (κ3) is 3.70. The van der Waals surface area contributed by atoms with Gasteiger partial charge in [0.15, 0.2) is 23.0 Å². The van der Waals surface area contributed by atoms with E-state index >= 15 is 0 Å². The molecule has 9 heteroatoms. The molecule has 2 aromatic carbocycles. The molecule has 0 aromatic heterocycles. The predicted molar refractivity (Wildman–Crippen MR) is 106 cm³/mol. The van der Waals surface area contributed by atoms with Gasteiger partial charge in [-0.05, 0) is 23.8 Å². The molecule has 0 bridgehead atoms. The highest BCUT2D eigenvalue weighted by Gasteiger charge is 2.37. The highest BCUT2D eigenvalue weighted by Crippen LogP contribution is 2.47. The molecule has 0 amide bonds. The normalized spacial score (nSPS) is 15.5. The number of carbonyl (C=O) groups is 2. The van der Waals surface area contributed by atoms with Crippen molar-refractivity contribution in [2.75, 3.05) is 27.6 Å². The summed E-state index contributed by atoms with van der Waals surface area (Å²) in [5.74, 6) is -0.399. The van der Waals surface area contributed by atoms with Gasteiger partial charge in [0.05, 0.1) is 19.8 Å². The number of rotatable bonds is 6. The number of hydrogen-bond acceptors (Lipinski definition) is 9. The maximum atomic E-state index is 12.6. The van der Waals surface area contributed by atoms with Gasteiger partial charge in [0.1, 0.15) is 18.1 Å². The fraction of sp³-hybridized carbons (Fsp3) is 0.273. The Hall–Kier alpha value is -3.88. The molecular formula is C22H20O9. The van der Waals surface area contributed by atoms with Gasteiger partial charge in [-0.15, -0.1) is 0 Å². The number of carbonyl (C=O) groups excluding carboxylic acids is 2. The molecule has 2 heterocycles. The van der Waals surface area contributed by atoms with Crippen molar-refractivity contribution < 1.29 is 43.1 Å². The molecular weight excluding hydrogens is 408 g/mol. The highest BCUT2D eigenvalue weighted by atomic mass is 16.7. The highest BCUT2D eigenvalue weighted by molar-refractivity contribution is 5.94. The van der Waals surface area contributed by atoms with E-state index in [-0.39, 0.29) is 30.5 Å². The lowest BCUT2D eigenvalue weighted by atomic mass is 9.83. The Kier molecular flexibility index (Phi) is 5.33. The van der Waals surface area contributed by atoms with Crippen molar-refractivity contribution in [2.24, 2.45) is 0 Å². The van der Waals surface area contributed by atoms with Crippen LogP contribution in [0, 0.1) is 0 Å². The predicted octanol–water partition coefficient (Wildman–Crippen LogP) is 2.86. The Morgan fingerprint density at radius 2 is 1.71 bits per heavy atom. The molecule has 4 rings (SSSR count). The van der Waals surface area contributed by atoms with E-state index < -0.39 is 17.9 Å². The summed E-state index contributed by atoms with van der Waals surface area (Å²) < 4.78 is 32.0. The van der Waals surface area contributed by atoms with Crippen LogP contribution < -0.4 is 23.7 Å². The van der Waals surface area contributed by atoms with E-state index in [4.69, 9.17) is 28.4 Å². The molecule has 162 valence electrons. The van der Waals surface area contributed by atoms with Crippen LogP contribution in [-0.4, -0.2) is 44.7 Å². The molecule has 1 unspecified atom stereocenters. The smallest absolute Gasteiger partial charge is 0.338 e. The van der Waals surface area contributed by atoms with E-state index in [1.54, 1.807) is 24.3 Å². The number of benzene rings is 2. The first-order valence-corrected chi connectivity index (χ1v) is 9.36. The third-order valence-electron chi connectivity index (χ3n) is 4.97. The molecule has 0 spiro atoms. The van der Waals surface area contributed by atoms with Gasteiger partial charge in [-0.25, -0.2) is 4.79 Å². The van der Waals surface area contributed by atoms with Crippen LogP contribution in [0.1, 0.15) is 24.0 Å². The SMILES string of the molecule is COc1ccc(C(C2=C(O)COC2=O)c2cc3c(cc2OC(C)=O)OCO3)cc1OC. The number of methoxy groups -OCH3 is 2. The van der Waals surface area contributed by atoms with Crippen LogP contribution in [0.25, 0.3) is 0 Å². The Bertz CT molecular complexity index is 1090. The summed E-state index contributed by atoms with van der Waals surface area (Å²) in [5.41, 5.74) is 1.01. The Balaban J connectivity index is 1.96. The standard InChI is InChI=1S/C22H20O9/c1-11(23)31-16-8-19-18(29-10-30-19)7-13(16)20(21-14(24)9-28-22(21)25)12-4-5-15(26-2)17(6-12)27-3/h4-8,20,24H,9-10H2,1-3H3. The largest absolute Gasteiger partial charge is 0.508 e. The van der Waals surface area contributed by atoms with E-state index in [1.807, 2.05) is 0 Å². The molecule has 2 aliphatic rings. The number of hydrogen-bond donors (Lipinski definition) is 1. The van der Waals surface area contributed by atoms with Crippen LogP contribution in [0.5, 0.6) is 28.7 Å². The third-order valence-corrected chi connectivity index (χ3v) is 4.97. The monoisotopic (exact) mass is 428 g/mol. The molecule has 0 saturated heterocycles. The van der Waals surface area contributed by atoms with Crippen LogP contribution in [0.4, 0.5) is 0 Å². The van der Waals surface area contributed by atoms with E-state index in [9.17, 15) is 14.7 Å². The van der Waals surface area contributed by atoms with Crippen molar-refractivity contribution in [1.29, 1.82) is 0 Å². The average molecular weight is 428 g/mol. The molecule has 9 nitrogen and oxygen atoms in total. The summed E-state index contributed by atoms with van der Waals surface area (Å²) in [6, 6.07) is 8.22. The minimum Gasteiger partial charge on any atom is -0.508 e. The lowest BCUT2D eigenvalue weighted by molar-refractivity contribution is -0.136. The van der Waals surface area contributed by atoms with Gasteiger partial charge in [-0.3, -0.25) is 4.79 Å². The van der Waals surface area contributed by atoms with Gasteiger partial charge in [-0.2, -0.15) is 0 Å². The minimum absolute atomic E-state index is 0.00924. The Morgan fingerprint density at radius 3 is 2.32 bits per heavy atom. The second kappa shape index (κ2) is 8.10. The first-order valence-electron chi connectivity index (χ1n) is 9.36. The molecule has 2 aliphatic heterocycles. The van der Waals surface area contributed by atoms with Crippen LogP contribution in [-0.2, 0) is 14.3 Å². The number of aliphatic hydroxyl groups is 1. The number of fused-ring (bicyclic) bond motifs is 1. The Labute approximate surface area is 177 Å². The van der Waals surface area contributed by atoms with Crippen molar-refractivity contribution in [3.05, 3.63) is 52.8 Å². The first-order chi connectivity index (χ1) is 14.9. The summed E-state index contributed by atoms with van der Waals surface area (Å²) in [6.45, 7) is 1.03. The summed E-state index contributed by atoms with van der Waals surface area (Å²) in [7, 11) is 3.00. The summed E-state index contributed by atoms with van der Waals surface area (Å²) in [6.07, 6.45) is 0. The maximum Gasteiger partial charge on any atom is 0.338 e. The molecule has 31 heavy (non-hydrogen) atoms. The molecule has 1 N–H and O–H groups in total. The Morgan fingerprint density at radius 1 is 1.00 bits per heavy atom. The van der Waals surface area contributed by atoms with E-state index in [1.165, 1.54) is 27.2 Å². The topological polar surface area (TPSA) is 110 Å². The van der Waals surface area contributed by atoms with Gasteiger partial charge in [-0.1, -0.05) is 6.07 Å². The second-order valence-electron chi connectivity index (χ2n) is 6.82. The number of cyclic esters (lactones) is 1. The summed E-state index contributed by atoms with van der Waals surface area (Å²) in [5, 5.41) is 10.5. The second-order valence-corrected chi connectivity index (χ2v) is 6.82. The van der Waals surface area contributed by atoms with Crippen molar-refractivity contribution in [2.45, 2.75) is 12.8 Å². The van der Waals surface area contributed by atoms with Gasteiger partial charge in [0, 0.05) is 24.5 Å². The zero-order valence-electron chi connectivity index (χ0n) is 17.1. The van der Waals surface area contributed by atoms with Gasteiger partial charge in [0.25, 0.3) is 0 Å². The fourth-order valence-electron chi connectivity index (χ4n) is 3.63. The van der Waals surface area contributed by atoms with Crippen molar-refractivity contribution in [3.8, 4) is 28.7 Å². The number of ether oxygens (including phenoxy) is 6. The number of aliphatic hydroxyl groups excluding tert-OH is 1. The van der Waals surface area contributed by atoms with E-state index in [0.717, 1.165) is 0 Å². The molecule has 0 aliphatic carbocycles. The van der Waals surface area contributed by atoms with E-state index in [0.29, 0.717) is 34.1 Å². The van der Waals surface area contributed by atoms with Crippen LogP contribution in [0.15, 0.2) is 41.7 Å². The molecule has 1 atom stereocenters. The molecule has 2 aromatic rings. The lowest BCUT2D eigenvalue weighted by Crippen LogP contribution is -2.15. The quantitative estimate of drug-likeness (QED) is 0.548. The van der Waals surface area contributed by atoms with Gasteiger partial charge >= 0.3 is 11.9 Å². The zero-order chi connectivity index (χ0) is 22.1. The van der Waals surface area contributed by atoms with Crippen molar-refractivity contribution >= 4 is 11.9 Å². The minimum atomic E-state index is -0.848. The van der Waals surface area contributed by atoms with Crippen molar-refractivity contribution in [3.63, 3.8) is 0 Å². The average Bonchev–Trinajstić information content (AvgIpc) is 3.34. The fourth-order valence-corrected chi connectivity index (χ4v) is 3.63. The van der Waals surface area contributed by atoms with Gasteiger partial charge < -0.3 is 33.5 Å². The number of esters is 2.